The minimum Gasteiger partial charge on any atom is -0.350 e. The van der Waals surface area contributed by atoms with Crippen molar-refractivity contribution in [1.29, 1.82) is 0 Å². The predicted molar refractivity (Wildman–Crippen MR) is 98.5 cm³/mol. The summed E-state index contributed by atoms with van der Waals surface area (Å²) in [6.45, 7) is 1.54. The molecule has 6 heteroatoms. The molecule has 0 aliphatic carbocycles. The van der Waals surface area contributed by atoms with Crippen LogP contribution in [0.25, 0.3) is 10.9 Å². The van der Waals surface area contributed by atoms with E-state index in [4.69, 9.17) is 0 Å². The van der Waals surface area contributed by atoms with Crippen LogP contribution in [-0.2, 0) is 11.8 Å². The second-order valence-corrected chi connectivity index (χ2v) is 6.49. The van der Waals surface area contributed by atoms with Crippen molar-refractivity contribution in [3.8, 4) is 0 Å². The Morgan fingerprint density at radius 3 is 2.88 bits per heavy atom. The van der Waals surface area contributed by atoms with Crippen LogP contribution in [0.4, 0.5) is 11.6 Å². The van der Waals surface area contributed by atoms with Crippen LogP contribution < -0.4 is 10.2 Å². The molecule has 0 radical (unpaired) electrons. The topological polar surface area (TPSA) is 63.1 Å². The largest absolute Gasteiger partial charge is 0.350 e. The highest BCUT2D eigenvalue weighted by molar-refractivity contribution is 6.02. The monoisotopic (exact) mass is 335 g/mol. The second-order valence-electron chi connectivity index (χ2n) is 6.49. The lowest BCUT2D eigenvalue weighted by Crippen LogP contribution is -2.41. The number of rotatable bonds is 3. The number of nitrogens with one attached hydrogen (secondary N) is 1. The van der Waals surface area contributed by atoms with E-state index in [0.29, 0.717) is 12.5 Å². The Hall–Kier alpha value is -2.89. The number of carbonyl (C=O) groups excluding carboxylic acids is 1. The van der Waals surface area contributed by atoms with Gasteiger partial charge in [-0.05, 0) is 37.1 Å². The van der Waals surface area contributed by atoms with Crippen LogP contribution in [0.2, 0.25) is 0 Å². The SMILES string of the molecule is Cn1ccc2c(NC(=O)[C@@H]3CCCN(c4ncccn4)C3)cccc21. The standard InChI is InChI=1S/C19H21N5O/c1-23-12-8-15-16(6-2-7-17(15)23)22-18(25)14-5-3-11-24(13-14)19-20-9-4-10-21-19/h2,4,6-10,12,14H,3,5,11,13H2,1H3,(H,22,25)/t14-/m1/s1. The smallest absolute Gasteiger partial charge is 0.229 e. The van der Waals surface area contributed by atoms with E-state index in [1.807, 2.05) is 31.4 Å². The third kappa shape index (κ3) is 3.07. The summed E-state index contributed by atoms with van der Waals surface area (Å²) >= 11 is 0. The van der Waals surface area contributed by atoms with Crippen molar-refractivity contribution in [2.24, 2.45) is 13.0 Å². The number of hydrogen-bond donors (Lipinski definition) is 1. The predicted octanol–water partition coefficient (Wildman–Crippen LogP) is 2.82. The van der Waals surface area contributed by atoms with Gasteiger partial charge >= 0.3 is 0 Å². The minimum absolute atomic E-state index is 0.0588. The maximum Gasteiger partial charge on any atom is 0.229 e. The summed E-state index contributed by atoms with van der Waals surface area (Å²) in [5, 5.41) is 4.19. The van der Waals surface area contributed by atoms with Crippen molar-refractivity contribution in [2.45, 2.75) is 12.8 Å². The first-order valence-corrected chi connectivity index (χ1v) is 8.59. The molecule has 25 heavy (non-hydrogen) atoms. The molecular weight excluding hydrogens is 314 g/mol. The van der Waals surface area contributed by atoms with Gasteiger partial charge in [-0.3, -0.25) is 4.79 Å². The third-order valence-corrected chi connectivity index (χ3v) is 4.81. The minimum atomic E-state index is -0.0588. The van der Waals surface area contributed by atoms with Gasteiger partial charge in [-0.25, -0.2) is 9.97 Å². The molecule has 0 spiro atoms. The van der Waals surface area contributed by atoms with E-state index in [9.17, 15) is 4.79 Å². The van der Waals surface area contributed by atoms with Gasteiger partial charge in [-0.1, -0.05) is 6.07 Å². The fraction of sp³-hybridized carbons (Fsp3) is 0.316. The molecule has 1 aliphatic rings. The van der Waals surface area contributed by atoms with Gasteiger partial charge in [0.05, 0.1) is 11.6 Å². The van der Waals surface area contributed by atoms with Crippen molar-refractivity contribution in [1.82, 2.24) is 14.5 Å². The van der Waals surface area contributed by atoms with Crippen LogP contribution in [0.1, 0.15) is 12.8 Å². The molecule has 1 aliphatic heterocycles. The number of hydrogen-bond acceptors (Lipinski definition) is 4. The normalized spacial score (nSPS) is 17.6. The second kappa shape index (κ2) is 6.55. The molecule has 1 fully saturated rings. The molecule has 1 saturated heterocycles. The first-order valence-electron chi connectivity index (χ1n) is 8.59. The van der Waals surface area contributed by atoms with E-state index in [1.54, 1.807) is 18.5 Å². The summed E-state index contributed by atoms with van der Waals surface area (Å²) in [5.74, 6) is 0.707. The third-order valence-electron chi connectivity index (χ3n) is 4.81. The fourth-order valence-corrected chi connectivity index (χ4v) is 3.47. The molecule has 3 aromatic rings. The fourth-order valence-electron chi connectivity index (χ4n) is 3.47. The van der Waals surface area contributed by atoms with Crippen LogP contribution in [0.5, 0.6) is 0 Å². The van der Waals surface area contributed by atoms with E-state index >= 15 is 0 Å². The van der Waals surface area contributed by atoms with Gasteiger partial charge < -0.3 is 14.8 Å². The Balaban J connectivity index is 1.50. The number of aromatic nitrogens is 3. The lowest BCUT2D eigenvalue weighted by Gasteiger charge is -2.31. The molecule has 2 aromatic heterocycles. The molecule has 0 saturated carbocycles. The van der Waals surface area contributed by atoms with E-state index in [0.717, 1.165) is 36.0 Å². The number of piperidine rings is 1. The van der Waals surface area contributed by atoms with E-state index in [-0.39, 0.29) is 11.8 Å². The number of benzene rings is 1. The van der Waals surface area contributed by atoms with E-state index < -0.39 is 0 Å². The molecule has 6 nitrogen and oxygen atoms in total. The van der Waals surface area contributed by atoms with Crippen molar-refractivity contribution in [3.63, 3.8) is 0 Å². The van der Waals surface area contributed by atoms with Gasteiger partial charge in [0.25, 0.3) is 0 Å². The molecule has 1 amide bonds. The Morgan fingerprint density at radius 2 is 2.04 bits per heavy atom. The van der Waals surface area contributed by atoms with Gasteiger partial charge in [0.15, 0.2) is 0 Å². The van der Waals surface area contributed by atoms with Crippen LogP contribution in [0.15, 0.2) is 48.9 Å². The van der Waals surface area contributed by atoms with E-state index in [1.165, 1.54) is 0 Å². The lowest BCUT2D eigenvalue weighted by molar-refractivity contribution is -0.120. The maximum atomic E-state index is 12.8. The highest BCUT2D eigenvalue weighted by Gasteiger charge is 2.27. The van der Waals surface area contributed by atoms with E-state index in [2.05, 4.69) is 30.8 Å². The lowest BCUT2D eigenvalue weighted by atomic mass is 9.97. The molecular formula is C19H21N5O. The summed E-state index contributed by atoms with van der Waals surface area (Å²) in [5.41, 5.74) is 1.98. The highest BCUT2D eigenvalue weighted by atomic mass is 16.1. The molecule has 0 bridgehead atoms. The number of anilines is 2. The molecule has 3 heterocycles. The highest BCUT2D eigenvalue weighted by Crippen LogP contribution is 2.26. The zero-order valence-corrected chi connectivity index (χ0v) is 14.2. The van der Waals surface area contributed by atoms with Crippen molar-refractivity contribution in [3.05, 3.63) is 48.9 Å². The van der Waals surface area contributed by atoms with Gasteiger partial charge in [-0.15, -0.1) is 0 Å². The summed E-state index contributed by atoms with van der Waals surface area (Å²) in [4.78, 5) is 23.5. The quantitative estimate of drug-likeness (QED) is 0.799. The van der Waals surface area contributed by atoms with Crippen LogP contribution >= 0.6 is 0 Å². The maximum absolute atomic E-state index is 12.8. The first kappa shape index (κ1) is 15.6. The average molecular weight is 335 g/mol. The van der Waals surface area contributed by atoms with Gasteiger partial charge in [0, 0.05) is 49.6 Å². The molecule has 1 aromatic carbocycles. The van der Waals surface area contributed by atoms with Gasteiger partial charge in [-0.2, -0.15) is 0 Å². The first-order chi connectivity index (χ1) is 12.2. The number of nitrogens with zero attached hydrogens (tertiary/aromatic N) is 4. The molecule has 1 N–H and O–H groups in total. The summed E-state index contributed by atoms with van der Waals surface area (Å²) in [7, 11) is 2.01. The summed E-state index contributed by atoms with van der Waals surface area (Å²) in [6.07, 6.45) is 7.34. The van der Waals surface area contributed by atoms with Crippen LogP contribution in [-0.4, -0.2) is 33.5 Å². The summed E-state index contributed by atoms with van der Waals surface area (Å²) < 4.78 is 2.06. The van der Waals surface area contributed by atoms with Crippen molar-refractivity contribution >= 4 is 28.4 Å². The number of amides is 1. The number of carbonyl (C=O) groups is 1. The Labute approximate surface area is 146 Å². The van der Waals surface area contributed by atoms with Gasteiger partial charge in [0.1, 0.15) is 0 Å². The number of aryl methyl sites for hydroxylation is 1. The number of fused-ring (bicyclic) bond motifs is 1. The average Bonchev–Trinajstić information content (AvgIpc) is 3.05. The summed E-state index contributed by atoms with van der Waals surface area (Å²) in [6, 6.07) is 9.83. The molecule has 4 rings (SSSR count). The van der Waals surface area contributed by atoms with Gasteiger partial charge in [0.2, 0.25) is 11.9 Å². The Kier molecular flexibility index (Phi) is 4.09. The zero-order chi connectivity index (χ0) is 17.2. The Bertz CT molecular complexity index is 889. The Morgan fingerprint density at radius 1 is 1.20 bits per heavy atom. The van der Waals surface area contributed by atoms with Crippen LogP contribution in [0, 0.1) is 5.92 Å². The van der Waals surface area contributed by atoms with Crippen molar-refractivity contribution in [2.75, 3.05) is 23.3 Å². The van der Waals surface area contributed by atoms with Crippen molar-refractivity contribution < 1.29 is 4.79 Å². The molecule has 0 unspecified atom stereocenters. The molecule has 128 valence electrons. The van der Waals surface area contributed by atoms with Crippen LogP contribution in [0.3, 0.4) is 0 Å². The zero-order valence-electron chi connectivity index (χ0n) is 14.2. The molecule has 1 atom stereocenters.